The lowest BCUT2D eigenvalue weighted by Gasteiger charge is -2.36. The molecule has 0 radical (unpaired) electrons. The van der Waals surface area contributed by atoms with Gasteiger partial charge in [-0.1, -0.05) is 44.2 Å². The predicted octanol–water partition coefficient (Wildman–Crippen LogP) is 4.13. The van der Waals surface area contributed by atoms with E-state index in [0.717, 1.165) is 42.8 Å². The fraction of sp³-hybridized carbons (Fsp3) is 0.440. The van der Waals surface area contributed by atoms with E-state index < -0.39 is 0 Å². The molecule has 2 heterocycles. The number of pyridine rings is 1. The number of carbonyl (C=O) groups is 1. The maximum absolute atomic E-state index is 13.0. The topological polar surface area (TPSA) is 45.2 Å². The number of nitrogens with one attached hydrogen (secondary N) is 1. The number of amides is 1. The standard InChI is InChI=1S/C25H33N3O/c1-6-19-11-21-13-24(25(29)26-14-17(3)4)28(15-22(21)12-20(19)7-2)16-23-10-8-9-18(5)27-23/h8-12,24H,3,6-7,13-16H2,1-2,4-5H3,(H,26,29). The van der Waals surface area contributed by atoms with E-state index in [1.54, 1.807) is 0 Å². The van der Waals surface area contributed by atoms with Gasteiger partial charge >= 0.3 is 0 Å². The van der Waals surface area contributed by atoms with Crippen molar-refractivity contribution in [2.75, 3.05) is 6.54 Å². The summed E-state index contributed by atoms with van der Waals surface area (Å²) in [5.41, 5.74) is 8.45. The Morgan fingerprint density at radius 3 is 2.52 bits per heavy atom. The molecule has 0 fully saturated rings. The number of hydrogen-bond acceptors (Lipinski definition) is 3. The second-order valence-electron chi connectivity index (χ2n) is 8.17. The zero-order chi connectivity index (χ0) is 21.0. The van der Waals surface area contributed by atoms with Crippen molar-refractivity contribution < 1.29 is 4.79 Å². The van der Waals surface area contributed by atoms with Crippen LogP contribution in [0.5, 0.6) is 0 Å². The molecule has 0 saturated heterocycles. The van der Waals surface area contributed by atoms with E-state index in [1.165, 1.54) is 22.3 Å². The highest BCUT2D eigenvalue weighted by molar-refractivity contribution is 5.82. The molecule has 154 valence electrons. The third-order valence-electron chi connectivity index (χ3n) is 5.69. The second kappa shape index (κ2) is 9.36. The van der Waals surface area contributed by atoms with E-state index in [-0.39, 0.29) is 11.9 Å². The Bertz CT molecular complexity index is 903. The van der Waals surface area contributed by atoms with Crippen molar-refractivity contribution in [3.8, 4) is 0 Å². The van der Waals surface area contributed by atoms with Crippen LogP contribution in [0.2, 0.25) is 0 Å². The highest BCUT2D eigenvalue weighted by atomic mass is 16.2. The van der Waals surface area contributed by atoms with E-state index in [2.05, 4.69) is 47.8 Å². The summed E-state index contributed by atoms with van der Waals surface area (Å²) in [5.74, 6) is 0.0731. The summed E-state index contributed by atoms with van der Waals surface area (Å²) in [6.45, 7) is 14.2. The molecule has 1 atom stereocenters. The van der Waals surface area contributed by atoms with Crippen LogP contribution >= 0.6 is 0 Å². The average molecular weight is 392 g/mol. The van der Waals surface area contributed by atoms with Gasteiger partial charge in [0.15, 0.2) is 0 Å². The van der Waals surface area contributed by atoms with Gasteiger partial charge in [0.1, 0.15) is 0 Å². The Balaban J connectivity index is 1.92. The number of fused-ring (bicyclic) bond motifs is 1. The second-order valence-corrected chi connectivity index (χ2v) is 8.17. The average Bonchev–Trinajstić information content (AvgIpc) is 2.70. The number of rotatable bonds is 7. The van der Waals surface area contributed by atoms with Gasteiger partial charge in [0.05, 0.1) is 11.7 Å². The molecule has 2 aromatic rings. The van der Waals surface area contributed by atoms with Gasteiger partial charge < -0.3 is 5.32 Å². The molecule has 3 rings (SSSR count). The number of carbonyl (C=O) groups excluding carboxylic acids is 1. The lowest BCUT2D eigenvalue weighted by atomic mass is 9.88. The van der Waals surface area contributed by atoms with Crippen molar-refractivity contribution in [2.24, 2.45) is 0 Å². The quantitative estimate of drug-likeness (QED) is 0.722. The van der Waals surface area contributed by atoms with Gasteiger partial charge in [0.2, 0.25) is 5.91 Å². The van der Waals surface area contributed by atoms with Crippen molar-refractivity contribution in [2.45, 2.75) is 66.1 Å². The molecule has 1 aliphatic heterocycles. The molecule has 0 bridgehead atoms. The van der Waals surface area contributed by atoms with Crippen LogP contribution in [0.15, 0.2) is 42.5 Å². The van der Waals surface area contributed by atoms with Crippen molar-refractivity contribution in [1.82, 2.24) is 15.2 Å². The highest BCUT2D eigenvalue weighted by Gasteiger charge is 2.32. The summed E-state index contributed by atoms with van der Waals surface area (Å²) in [6, 6.07) is 10.6. The van der Waals surface area contributed by atoms with Crippen molar-refractivity contribution in [3.63, 3.8) is 0 Å². The first-order valence-electron chi connectivity index (χ1n) is 10.6. The molecule has 4 nitrogen and oxygen atoms in total. The number of hydrogen-bond donors (Lipinski definition) is 1. The lowest BCUT2D eigenvalue weighted by molar-refractivity contribution is -0.127. The number of benzene rings is 1. The van der Waals surface area contributed by atoms with Gasteiger partial charge in [-0.3, -0.25) is 14.7 Å². The fourth-order valence-corrected chi connectivity index (χ4v) is 4.13. The molecular formula is C25H33N3O. The molecule has 1 unspecified atom stereocenters. The van der Waals surface area contributed by atoms with Crippen molar-refractivity contribution >= 4 is 5.91 Å². The minimum atomic E-state index is -0.193. The number of nitrogens with zero attached hydrogens (tertiary/aromatic N) is 2. The van der Waals surface area contributed by atoms with Gasteiger partial charge in [-0.05, 0) is 67.5 Å². The van der Waals surface area contributed by atoms with Gasteiger partial charge in [0, 0.05) is 25.3 Å². The van der Waals surface area contributed by atoms with E-state index in [4.69, 9.17) is 0 Å². The third-order valence-corrected chi connectivity index (χ3v) is 5.69. The highest BCUT2D eigenvalue weighted by Crippen LogP contribution is 2.28. The fourth-order valence-electron chi connectivity index (χ4n) is 4.13. The van der Waals surface area contributed by atoms with Crippen LogP contribution in [-0.4, -0.2) is 28.4 Å². The van der Waals surface area contributed by atoms with Crippen LogP contribution in [0, 0.1) is 6.92 Å². The van der Waals surface area contributed by atoms with Crippen LogP contribution in [0.4, 0.5) is 0 Å². The van der Waals surface area contributed by atoms with Crippen molar-refractivity contribution in [3.05, 3.63) is 76.1 Å². The van der Waals surface area contributed by atoms with E-state index >= 15 is 0 Å². The van der Waals surface area contributed by atoms with Crippen molar-refractivity contribution in [1.29, 1.82) is 0 Å². The van der Waals surface area contributed by atoms with Crippen LogP contribution in [0.25, 0.3) is 0 Å². The first-order valence-corrected chi connectivity index (χ1v) is 10.6. The summed E-state index contributed by atoms with van der Waals surface area (Å²) in [7, 11) is 0. The minimum Gasteiger partial charge on any atom is -0.351 e. The molecular weight excluding hydrogens is 358 g/mol. The molecule has 29 heavy (non-hydrogen) atoms. The Morgan fingerprint density at radius 2 is 1.90 bits per heavy atom. The third kappa shape index (κ3) is 5.13. The monoisotopic (exact) mass is 391 g/mol. The molecule has 1 amide bonds. The van der Waals surface area contributed by atoms with Gasteiger partial charge in [-0.2, -0.15) is 0 Å². The number of aryl methyl sites for hydroxylation is 3. The van der Waals surface area contributed by atoms with Crippen LogP contribution in [0.3, 0.4) is 0 Å². The number of aromatic nitrogens is 1. The SMILES string of the molecule is C=C(C)CNC(=O)C1Cc2cc(CC)c(CC)cc2CN1Cc1cccc(C)n1. The molecule has 0 aliphatic carbocycles. The zero-order valence-electron chi connectivity index (χ0n) is 18.2. The van der Waals surface area contributed by atoms with Gasteiger partial charge in [0.25, 0.3) is 0 Å². The predicted molar refractivity (Wildman–Crippen MR) is 119 cm³/mol. The van der Waals surface area contributed by atoms with Gasteiger partial charge in [-0.15, -0.1) is 0 Å². The Labute approximate surface area is 175 Å². The molecule has 0 saturated carbocycles. The summed E-state index contributed by atoms with van der Waals surface area (Å²) in [5, 5.41) is 3.06. The van der Waals surface area contributed by atoms with Crippen LogP contribution in [-0.2, 0) is 37.1 Å². The summed E-state index contributed by atoms with van der Waals surface area (Å²) in [4.78, 5) is 20.0. The summed E-state index contributed by atoms with van der Waals surface area (Å²) < 4.78 is 0. The molecule has 0 spiro atoms. The smallest absolute Gasteiger partial charge is 0.237 e. The van der Waals surface area contributed by atoms with Crippen LogP contribution < -0.4 is 5.32 Å². The first-order chi connectivity index (χ1) is 13.9. The zero-order valence-corrected chi connectivity index (χ0v) is 18.2. The maximum atomic E-state index is 13.0. The molecule has 4 heteroatoms. The van der Waals surface area contributed by atoms with Crippen LogP contribution in [0.1, 0.15) is 54.4 Å². The van der Waals surface area contributed by atoms with E-state index in [0.29, 0.717) is 13.1 Å². The summed E-state index contributed by atoms with van der Waals surface area (Å²) in [6.07, 6.45) is 2.80. The molecule has 1 aromatic carbocycles. The minimum absolute atomic E-state index is 0.0731. The Hall–Kier alpha value is -2.46. The van der Waals surface area contributed by atoms with E-state index in [9.17, 15) is 4.79 Å². The largest absolute Gasteiger partial charge is 0.351 e. The normalized spacial score (nSPS) is 16.3. The summed E-state index contributed by atoms with van der Waals surface area (Å²) >= 11 is 0. The molecule has 1 aromatic heterocycles. The van der Waals surface area contributed by atoms with Gasteiger partial charge in [-0.25, -0.2) is 0 Å². The molecule has 1 N–H and O–H groups in total. The van der Waals surface area contributed by atoms with E-state index in [1.807, 2.05) is 32.0 Å². The lowest BCUT2D eigenvalue weighted by Crippen LogP contribution is -2.50. The maximum Gasteiger partial charge on any atom is 0.237 e. The first kappa shape index (κ1) is 21.3. The Kier molecular flexibility index (Phi) is 6.86. The Morgan fingerprint density at radius 1 is 1.21 bits per heavy atom. The molecule has 1 aliphatic rings.